The number of aryl methyl sites for hydroxylation is 2. The van der Waals surface area contributed by atoms with E-state index in [1.54, 1.807) is 50.2 Å². The number of hydrogen-bond donors (Lipinski definition) is 3. The van der Waals surface area contributed by atoms with E-state index in [2.05, 4.69) is 15.8 Å². The summed E-state index contributed by atoms with van der Waals surface area (Å²) < 4.78 is 0. The maximum Gasteiger partial charge on any atom is 0.254 e. The number of amides is 1. The molecule has 3 N–H and O–H groups in total. The molecule has 118 valence electrons. The maximum absolute atomic E-state index is 12.4. The molecule has 1 unspecified atom stereocenters. The fourth-order valence-corrected chi connectivity index (χ4v) is 2.66. The first-order valence-electron chi connectivity index (χ1n) is 7.16. The van der Waals surface area contributed by atoms with Gasteiger partial charge in [0.2, 0.25) is 0 Å². The van der Waals surface area contributed by atoms with Crippen LogP contribution >= 0.6 is 11.6 Å². The van der Waals surface area contributed by atoms with E-state index in [1.807, 2.05) is 0 Å². The van der Waals surface area contributed by atoms with E-state index in [4.69, 9.17) is 11.6 Å². The predicted molar refractivity (Wildman–Crippen MR) is 89.6 cm³/mol. The second-order valence-corrected chi connectivity index (χ2v) is 5.96. The van der Waals surface area contributed by atoms with Crippen molar-refractivity contribution in [2.45, 2.75) is 19.9 Å². The monoisotopic (exact) mass is 329 g/mol. The van der Waals surface area contributed by atoms with Crippen molar-refractivity contribution in [3.05, 3.63) is 63.7 Å². The molecule has 1 atom stereocenters. The van der Waals surface area contributed by atoms with Crippen LogP contribution in [0.1, 0.15) is 28.3 Å². The fraction of sp³-hybridized carbons (Fsp3) is 0.176. The third-order valence-electron chi connectivity index (χ3n) is 3.77. The van der Waals surface area contributed by atoms with E-state index >= 15 is 0 Å². The highest BCUT2D eigenvalue weighted by Crippen LogP contribution is 2.27. The van der Waals surface area contributed by atoms with Crippen LogP contribution in [0.15, 0.2) is 41.5 Å². The smallest absolute Gasteiger partial charge is 0.254 e. The van der Waals surface area contributed by atoms with Gasteiger partial charge in [-0.2, -0.15) is 5.10 Å². The summed E-state index contributed by atoms with van der Waals surface area (Å²) in [5.74, 6) is 0.500. The third-order valence-corrected chi connectivity index (χ3v) is 4.03. The van der Waals surface area contributed by atoms with Crippen LogP contribution in [0.25, 0.3) is 0 Å². The van der Waals surface area contributed by atoms with Gasteiger partial charge in [-0.1, -0.05) is 11.6 Å². The number of carbonyl (C=O) groups is 1. The van der Waals surface area contributed by atoms with E-state index in [-0.39, 0.29) is 11.7 Å². The number of hydrogen-bond acceptors (Lipinski definition) is 4. The van der Waals surface area contributed by atoms with Crippen molar-refractivity contribution in [2.75, 3.05) is 0 Å². The topological polar surface area (TPSA) is 73.7 Å². The van der Waals surface area contributed by atoms with Crippen LogP contribution in [0.2, 0.25) is 5.02 Å². The molecule has 5 nitrogen and oxygen atoms in total. The predicted octanol–water partition coefficient (Wildman–Crippen LogP) is 2.78. The Morgan fingerprint density at radius 2 is 1.74 bits per heavy atom. The molecular weight excluding hydrogens is 314 g/mol. The van der Waals surface area contributed by atoms with Crippen molar-refractivity contribution in [1.82, 2.24) is 10.7 Å². The van der Waals surface area contributed by atoms with Gasteiger partial charge in [-0.3, -0.25) is 10.2 Å². The summed E-state index contributed by atoms with van der Waals surface area (Å²) in [5, 5.41) is 17.5. The van der Waals surface area contributed by atoms with E-state index in [1.165, 1.54) is 0 Å². The van der Waals surface area contributed by atoms with Gasteiger partial charge in [0.15, 0.2) is 5.84 Å². The van der Waals surface area contributed by atoms with Gasteiger partial charge in [0.25, 0.3) is 5.91 Å². The highest BCUT2D eigenvalue weighted by atomic mass is 35.5. The molecule has 0 fully saturated rings. The number of phenols is 1. The minimum Gasteiger partial charge on any atom is -0.507 e. The first kappa shape index (κ1) is 15.4. The van der Waals surface area contributed by atoms with Gasteiger partial charge in [0.1, 0.15) is 11.8 Å². The Balaban J connectivity index is 1.88. The molecule has 0 aliphatic carbocycles. The molecule has 0 radical (unpaired) electrons. The minimum absolute atomic E-state index is 0.200. The van der Waals surface area contributed by atoms with Crippen LogP contribution in [0, 0.1) is 13.8 Å². The van der Waals surface area contributed by atoms with E-state index in [0.29, 0.717) is 10.9 Å². The second-order valence-electron chi connectivity index (χ2n) is 5.52. The number of nitrogens with zero attached hydrogens (tertiary/aromatic N) is 1. The number of halogens is 1. The maximum atomic E-state index is 12.4. The molecule has 2 aromatic carbocycles. The Labute approximate surface area is 139 Å². The number of nitrogens with one attached hydrogen (secondary N) is 2. The van der Waals surface area contributed by atoms with E-state index < -0.39 is 6.04 Å². The summed E-state index contributed by atoms with van der Waals surface area (Å²) in [7, 11) is 0. The highest BCUT2D eigenvalue weighted by molar-refractivity contribution is 6.30. The molecule has 1 aliphatic heterocycles. The van der Waals surface area contributed by atoms with Gasteiger partial charge in [-0.25, -0.2) is 0 Å². The van der Waals surface area contributed by atoms with Crippen molar-refractivity contribution in [3.8, 4) is 5.75 Å². The number of carbonyl (C=O) groups excluding carboxylic acids is 1. The number of hydrazone groups is 1. The van der Waals surface area contributed by atoms with Gasteiger partial charge in [-0.15, -0.1) is 0 Å². The van der Waals surface area contributed by atoms with Crippen LogP contribution in [0.3, 0.4) is 0 Å². The lowest BCUT2D eigenvalue weighted by molar-refractivity contribution is -0.122. The van der Waals surface area contributed by atoms with E-state index in [9.17, 15) is 9.90 Å². The molecule has 0 aromatic heterocycles. The molecule has 0 bridgehead atoms. The average Bonchev–Trinajstić information content (AvgIpc) is 2.53. The Morgan fingerprint density at radius 1 is 1.13 bits per heavy atom. The number of amidine groups is 1. The second kappa shape index (κ2) is 5.93. The normalized spacial score (nSPS) is 17.3. The molecule has 2 aromatic rings. The van der Waals surface area contributed by atoms with Crippen molar-refractivity contribution < 1.29 is 9.90 Å². The van der Waals surface area contributed by atoms with Gasteiger partial charge < -0.3 is 10.4 Å². The number of benzene rings is 2. The quantitative estimate of drug-likeness (QED) is 0.793. The fourth-order valence-electron chi connectivity index (χ4n) is 2.53. The van der Waals surface area contributed by atoms with Crippen molar-refractivity contribution in [3.63, 3.8) is 0 Å². The summed E-state index contributed by atoms with van der Waals surface area (Å²) in [5.41, 5.74) is 5.86. The number of phenolic OH excluding ortho intramolecular Hbond substituents is 1. The molecule has 6 heteroatoms. The van der Waals surface area contributed by atoms with Crippen molar-refractivity contribution in [2.24, 2.45) is 5.10 Å². The van der Waals surface area contributed by atoms with Crippen molar-refractivity contribution >= 4 is 23.3 Å². The van der Waals surface area contributed by atoms with Gasteiger partial charge in [0, 0.05) is 10.6 Å². The summed E-state index contributed by atoms with van der Waals surface area (Å²) in [4.78, 5) is 12.4. The van der Waals surface area contributed by atoms with E-state index in [0.717, 1.165) is 22.3 Å². The Bertz CT molecular complexity index is 777. The van der Waals surface area contributed by atoms with Crippen LogP contribution in [0.5, 0.6) is 5.75 Å². The van der Waals surface area contributed by atoms with Crippen molar-refractivity contribution in [1.29, 1.82) is 0 Å². The van der Waals surface area contributed by atoms with Crippen LogP contribution in [-0.2, 0) is 4.79 Å². The lowest BCUT2D eigenvalue weighted by Crippen LogP contribution is -2.45. The third kappa shape index (κ3) is 3.00. The molecule has 1 heterocycles. The SMILES string of the molecule is Cc1cc(C2NN=C(c3ccc(Cl)cc3)NC2=O)cc(C)c1O. The highest BCUT2D eigenvalue weighted by Gasteiger charge is 2.26. The minimum atomic E-state index is -0.593. The Kier molecular flexibility index (Phi) is 3.96. The zero-order chi connectivity index (χ0) is 16.6. The number of aromatic hydroxyl groups is 1. The number of rotatable bonds is 2. The lowest BCUT2D eigenvalue weighted by Gasteiger charge is -2.24. The molecule has 3 rings (SSSR count). The average molecular weight is 330 g/mol. The molecule has 0 saturated heterocycles. The van der Waals surface area contributed by atoms with Gasteiger partial charge >= 0.3 is 0 Å². The van der Waals surface area contributed by atoms with Crippen LogP contribution < -0.4 is 10.7 Å². The molecule has 0 saturated carbocycles. The largest absolute Gasteiger partial charge is 0.507 e. The summed E-state index contributed by atoms with van der Waals surface area (Å²) >= 11 is 5.86. The summed E-state index contributed by atoms with van der Waals surface area (Å²) in [6.07, 6.45) is 0. The molecular formula is C17H16ClN3O2. The molecule has 23 heavy (non-hydrogen) atoms. The Morgan fingerprint density at radius 3 is 2.30 bits per heavy atom. The molecule has 1 aliphatic rings. The summed E-state index contributed by atoms with van der Waals surface area (Å²) in [6, 6.07) is 10.0. The zero-order valence-electron chi connectivity index (χ0n) is 12.7. The van der Waals surface area contributed by atoms with Gasteiger partial charge in [-0.05, 0) is 66.9 Å². The van der Waals surface area contributed by atoms with Crippen LogP contribution in [0.4, 0.5) is 0 Å². The van der Waals surface area contributed by atoms with Crippen LogP contribution in [-0.4, -0.2) is 16.8 Å². The Hall–Kier alpha value is -2.53. The zero-order valence-corrected chi connectivity index (χ0v) is 13.5. The molecule has 0 spiro atoms. The summed E-state index contributed by atoms with van der Waals surface area (Å²) in [6.45, 7) is 3.60. The first-order chi connectivity index (χ1) is 11.0. The standard InChI is InChI=1S/C17H16ClN3O2/c1-9-7-12(8-10(2)15(9)22)14-17(23)19-16(21-20-14)11-3-5-13(18)6-4-11/h3-8,14,20,22H,1-2H3,(H,19,21,23). The lowest BCUT2D eigenvalue weighted by atomic mass is 9.99. The molecule has 1 amide bonds. The van der Waals surface area contributed by atoms with Gasteiger partial charge in [0.05, 0.1) is 0 Å². The first-order valence-corrected chi connectivity index (χ1v) is 7.53.